The lowest BCUT2D eigenvalue weighted by molar-refractivity contribution is 0.0728. The lowest BCUT2D eigenvalue weighted by atomic mass is 10.2. The number of aryl methyl sites for hydroxylation is 1. The first-order chi connectivity index (χ1) is 11.7. The second-order valence-corrected chi connectivity index (χ2v) is 6.20. The number of amides is 1. The van der Waals surface area contributed by atoms with Gasteiger partial charge in [-0.05, 0) is 37.1 Å². The monoisotopic (exact) mass is 328 g/mol. The Balaban J connectivity index is 1.58. The molecular formula is C19H24N2O3. The van der Waals surface area contributed by atoms with E-state index in [0.29, 0.717) is 5.76 Å². The summed E-state index contributed by atoms with van der Waals surface area (Å²) in [6.07, 6.45) is 2.55. The number of methoxy groups -OCH3 is 1. The predicted octanol–water partition coefficient (Wildman–Crippen LogP) is 2.94. The Hall–Kier alpha value is -2.27. The quantitative estimate of drug-likeness (QED) is 0.866. The van der Waals surface area contributed by atoms with Crippen molar-refractivity contribution in [3.63, 3.8) is 0 Å². The lowest BCUT2D eigenvalue weighted by Gasteiger charge is -2.21. The topological polar surface area (TPSA) is 45.9 Å². The highest BCUT2D eigenvalue weighted by molar-refractivity contribution is 5.92. The zero-order valence-corrected chi connectivity index (χ0v) is 14.3. The third-order valence-electron chi connectivity index (χ3n) is 4.50. The molecule has 3 rings (SSSR count). The smallest absolute Gasteiger partial charge is 0.289 e. The number of rotatable bonds is 4. The molecule has 0 saturated carbocycles. The molecule has 0 atom stereocenters. The fraction of sp³-hybridized carbons (Fsp3) is 0.421. The molecule has 1 fully saturated rings. The van der Waals surface area contributed by atoms with Gasteiger partial charge in [-0.15, -0.1) is 0 Å². The summed E-state index contributed by atoms with van der Waals surface area (Å²) in [4.78, 5) is 16.9. The maximum absolute atomic E-state index is 12.6. The van der Waals surface area contributed by atoms with Gasteiger partial charge in [-0.1, -0.05) is 12.1 Å². The number of nitrogens with zero attached hydrogens (tertiary/aromatic N) is 2. The van der Waals surface area contributed by atoms with Crippen LogP contribution in [0.3, 0.4) is 0 Å². The molecule has 0 spiro atoms. The van der Waals surface area contributed by atoms with E-state index < -0.39 is 0 Å². The van der Waals surface area contributed by atoms with Crippen molar-refractivity contribution in [2.75, 3.05) is 33.3 Å². The molecule has 0 bridgehead atoms. The molecular weight excluding hydrogens is 304 g/mol. The normalized spacial score (nSPS) is 16.0. The summed E-state index contributed by atoms with van der Waals surface area (Å²) in [5.74, 6) is 1.35. The summed E-state index contributed by atoms with van der Waals surface area (Å²) < 4.78 is 10.5. The molecule has 2 aromatic rings. The van der Waals surface area contributed by atoms with Crippen LogP contribution in [0.25, 0.3) is 0 Å². The van der Waals surface area contributed by atoms with Gasteiger partial charge in [0.2, 0.25) is 0 Å². The largest absolute Gasteiger partial charge is 0.497 e. The minimum absolute atomic E-state index is 0.00352. The molecule has 5 heteroatoms. The molecule has 1 aromatic heterocycles. The van der Waals surface area contributed by atoms with Crippen LogP contribution in [0.15, 0.2) is 41.0 Å². The maximum Gasteiger partial charge on any atom is 0.289 e. The Kier molecular flexibility index (Phi) is 5.20. The fourth-order valence-corrected chi connectivity index (χ4v) is 3.06. The highest BCUT2D eigenvalue weighted by atomic mass is 16.5. The Bertz CT molecular complexity index is 678. The van der Waals surface area contributed by atoms with E-state index in [1.165, 1.54) is 5.56 Å². The highest BCUT2D eigenvalue weighted by Gasteiger charge is 2.23. The standard InChI is InChI=1S/C19H24N2O3/c1-15-8-13-24-18(15)19(22)21-10-3-9-20(11-12-21)14-16-4-6-17(23-2)7-5-16/h4-8,13H,3,9-12,14H2,1-2H3. The molecule has 1 aliphatic heterocycles. The molecule has 1 saturated heterocycles. The average Bonchev–Trinajstić information content (AvgIpc) is 2.89. The van der Waals surface area contributed by atoms with E-state index in [0.717, 1.165) is 50.5 Å². The zero-order chi connectivity index (χ0) is 16.9. The van der Waals surface area contributed by atoms with Gasteiger partial charge in [-0.2, -0.15) is 0 Å². The van der Waals surface area contributed by atoms with Crippen molar-refractivity contribution in [3.05, 3.63) is 53.5 Å². The number of furan rings is 1. The van der Waals surface area contributed by atoms with Crippen LogP contribution in [-0.2, 0) is 6.54 Å². The first kappa shape index (κ1) is 16.6. The lowest BCUT2D eigenvalue weighted by Crippen LogP contribution is -2.35. The average molecular weight is 328 g/mol. The molecule has 5 nitrogen and oxygen atoms in total. The summed E-state index contributed by atoms with van der Waals surface area (Å²) >= 11 is 0. The molecule has 24 heavy (non-hydrogen) atoms. The number of hydrogen-bond acceptors (Lipinski definition) is 4. The fourth-order valence-electron chi connectivity index (χ4n) is 3.06. The van der Waals surface area contributed by atoms with Gasteiger partial charge < -0.3 is 14.1 Å². The van der Waals surface area contributed by atoms with Crippen LogP contribution in [0.4, 0.5) is 0 Å². The number of carbonyl (C=O) groups excluding carboxylic acids is 1. The van der Waals surface area contributed by atoms with Gasteiger partial charge >= 0.3 is 0 Å². The summed E-state index contributed by atoms with van der Waals surface area (Å²) in [6.45, 7) is 6.17. The summed E-state index contributed by atoms with van der Waals surface area (Å²) in [5, 5.41) is 0. The van der Waals surface area contributed by atoms with Crippen molar-refractivity contribution in [1.29, 1.82) is 0 Å². The Labute approximate surface area is 142 Å². The molecule has 2 heterocycles. The second-order valence-electron chi connectivity index (χ2n) is 6.20. The van der Waals surface area contributed by atoms with Gasteiger partial charge in [0.25, 0.3) is 5.91 Å². The molecule has 0 aliphatic carbocycles. The Morgan fingerprint density at radius 2 is 1.92 bits per heavy atom. The minimum atomic E-state index is 0.00352. The number of carbonyl (C=O) groups is 1. The van der Waals surface area contributed by atoms with Gasteiger partial charge in [0.15, 0.2) is 5.76 Å². The van der Waals surface area contributed by atoms with Gasteiger partial charge in [0.05, 0.1) is 13.4 Å². The molecule has 128 valence electrons. The highest BCUT2D eigenvalue weighted by Crippen LogP contribution is 2.16. The van der Waals surface area contributed by atoms with Crippen LogP contribution in [0, 0.1) is 6.92 Å². The SMILES string of the molecule is COc1ccc(CN2CCCN(C(=O)c3occc3C)CC2)cc1. The van der Waals surface area contributed by atoms with E-state index in [1.807, 2.05) is 30.0 Å². The van der Waals surface area contributed by atoms with Crippen molar-refractivity contribution in [1.82, 2.24) is 9.80 Å². The predicted molar refractivity (Wildman–Crippen MR) is 92.2 cm³/mol. The molecule has 1 aromatic carbocycles. The number of benzene rings is 1. The van der Waals surface area contributed by atoms with Gasteiger partial charge in [-0.3, -0.25) is 9.69 Å². The van der Waals surface area contributed by atoms with E-state index in [2.05, 4.69) is 17.0 Å². The van der Waals surface area contributed by atoms with Gasteiger partial charge in [-0.25, -0.2) is 0 Å². The van der Waals surface area contributed by atoms with Crippen molar-refractivity contribution in [2.45, 2.75) is 19.9 Å². The summed E-state index contributed by atoms with van der Waals surface area (Å²) in [6, 6.07) is 10.0. The van der Waals surface area contributed by atoms with E-state index in [9.17, 15) is 4.79 Å². The van der Waals surface area contributed by atoms with Crippen LogP contribution < -0.4 is 4.74 Å². The maximum atomic E-state index is 12.6. The van der Waals surface area contributed by atoms with Crippen LogP contribution in [-0.4, -0.2) is 49.0 Å². The van der Waals surface area contributed by atoms with E-state index in [4.69, 9.17) is 9.15 Å². The summed E-state index contributed by atoms with van der Waals surface area (Å²) in [7, 11) is 1.68. The first-order valence-electron chi connectivity index (χ1n) is 8.36. The van der Waals surface area contributed by atoms with E-state index in [1.54, 1.807) is 13.4 Å². The number of hydrogen-bond donors (Lipinski definition) is 0. The summed E-state index contributed by atoms with van der Waals surface area (Å²) in [5.41, 5.74) is 2.16. The Morgan fingerprint density at radius 3 is 2.58 bits per heavy atom. The molecule has 1 aliphatic rings. The van der Waals surface area contributed by atoms with Gasteiger partial charge in [0, 0.05) is 38.3 Å². The molecule has 1 amide bonds. The van der Waals surface area contributed by atoms with Crippen molar-refractivity contribution in [3.8, 4) is 5.75 Å². The molecule has 0 unspecified atom stereocenters. The third kappa shape index (κ3) is 3.79. The van der Waals surface area contributed by atoms with Crippen molar-refractivity contribution < 1.29 is 13.9 Å². The van der Waals surface area contributed by atoms with Crippen LogP contribution >= 0.6 is 0 Å². The second kappa shape index (κ2) is 7.53. The van der Waals surface area contributed by atoms with Crippen molar-refractivity contribution >= 4 is 5.91 Å². The van der Waals surface area contributed by atoms with Crippen LogP contribution in [0.2, 0.25) is 0 Å². The van der Waals surface area contributed by atoms with Crippen LogP contribution in [0.1, 0.15) is 28.1 Å². The zero-order valence-electron chi connectivity index (χ0n) is 14.3. The molecule has 0 radical (unpaired) electrons. The Morgan fingerprint density at radius 1 is 1.12 bits per heavy atom. The first-order valence-corrected chi connectivity index (χ1v) is 8.36. The van der Waals surface area contributed by atoms with E-state index >= 15 is 0 Å². The number of ether oxygens (including phenoxy) is 1. The van der Waals surface area contributed by atoms with Crippen molar-refractivity contribution in [2.24, 2.45) is 0 Å². The molecule has 0 N–H and O–H groups in total. The minimum Gasteiger partial charge on any atom is -0.497 e. The van der Waals surface area contributed by atoms with E-state index in [-0.39, 0.29) is 5.91 Å². The third-order valence-corrected chi connectivity index (χ3v) is 4.50. The van der Waals surface area contributed by atoms with Gasteiger partial charge in [0.1, 0.15) is 5.75 Å². The van der Waals surface area contributed by atoms with Crippen LogP contribution in [0.5, 0.6) is 5.75 Å².